The number of anilines is 1. The van der Waals surface area contributed by atoms with E-state index in [0.717, 1.165) is 0 Å². The summed E-state index contributed by atoms with van der Waals surface area (Å²) in [7, 11) is 0. The Labute approximate surface area is 105 Å². The van der Waals surface area contributed by atoms with E-state index in [2.05, 4.69) is 5.32 Å². The van der Waals surface area contributed by atoms with E-state index in [-0.39, 0.29) is 23.8 Å². The highest BCUT2D eigenvalue weighted by atomic mass is 16.3. The van der Waals surface area contributed by atoms with Gasteiger partial charge in [-0.3, -0.25) is 4.79 Å². The van der Waals surface area contributed by atoms with Crippen LogP contribution in [0.5, 0.6) is 11.5 Å². The Hall–Kier alpha value is -2.49. The third kappa shape index (κ3) is 3.01. The Morgan fingerprint density at radius 2 is 1.67 bits per heavy atom. The fourth-order valence-electron chi connectivity index (χ4n) is 1.58. The first kappa shape index (κ1) is 12.0. The van der Waals surface area contributed by atoms with Crippen LogP contribution in [0.4, 0.5) is 5.69 Å². The van der Waals surface area contributed by atoms with E-state index in [1.807, 2.05) is 0 Å². The molecule has 2 aromatic rings. The molecule has 4 nitrogen and oxygen atoms in total. The summed E-state index contributed by atoms with van der Waals surface area (Å²) in [5, 5.41) is 21.3. The summed E-state index contributed by atoms with van der Waals surface area (Å²) in [6.45, 7) is 0. The normalized spacial score (nSPS) is 10.0. The Morgan fingerprint density at radius 1 is 1.00 bits per heavy atom. The molecule has 0 aliphatic heterocycles. The number of hydrogen-bond donors (Lipinski definition) is 3. The number of phenolic OH excluding ortho intramolecular Hbond substituents is 2. The van der Waals surface area contributed by atoms with E-state index in [0.29, 0.717) is 11.3 Å². The molecule has 0 saturated heterocycles. The average molecular weight is 243 g/mol. The molecule has 0 saturated carbocycles. The van der Waals surface area contributed by atoms with Crippen LogP contribution in [0.2, 0.25) is 0 Å². The first-order valence-corrected chi connectivity index (χ1v) is 5.51. The van der Waals surface area contributed by atoms with Crippen molar-refractivity contribution in [1.82, 2.24) is 0 Å². The number of carbonyl (C=O) groups is 1. The maximum Gasteiger partial charge on any atom is 0.228 e. The SMILES string of the molecule is O=C(Cc1ccccc1O)Nc1ccc(O)cc1. The van der Waals surface area contributed by atoms with Gasteiger partial charge in [0.05, 0.1) is 6.42 Å². The lowest BCUT2D eigenvalue weighted by Crippen LogP contribution is -2.14. The molecular formula is C14H13NO3. The maximum atomic E-state index is 11.7. The molecule has 3 N–H and O–H groups in total. The zero-order valence-corrected chi connectivity index (χ0v) is 9.63. The number of rotatable bonds is 3. The van der Waals surface area contributed by atoms with Crippen LogP contribution in [0.1, 0.15) is 5.56 Å². The largest absolute Gasteiger partial charge is 0.508 e. The monoisotopic (exact) mass is 243 g/mol. The van der Waals surface area contributed by atoms with E-state index in [1.165, 1.54) is 12.1 Å². The van der Waals surface area contributed by atoms with Crippen molar-refractivity contribution in [1.29, 1.82) is 0 Å². The van der Waals surface area contributed by atoms with Gasteiger partial charge in [-0.15, -0.1) is 0 Å². The fraction of sp³-hybridized carbons (Fsp3) is 0.0714. The molecule has 4 heteroatoms. The molecule has 0 fully saturated rings. The second-order valence-corrected chi connectivity index (χ2v) is 3.90. The van der Waals surface area contributed by atoms with Gasteiger partial charge in [-0.2, -0.15) is 0 Å². The Kier molecular flexibility index (Phi) is 3.48. The second-order valence-electron chi connectivity index (χ2n) is 3.90. The lowest BCUT2D eigenvalue weighted by Gasteiger charge is -2.06. The molecule has 0 unspecified atom stereocenters. The van der Waals surface area contributed by atoms with Crippen molar-refractivity contribution in [3.63, 3.8) is 0 Å². The molecule has 1 amide bonds. The highest BCUT2D eigenvalue weighted by Crippen LogP contribution is 2.18. The smallest absolute Gasteiger partial charge is 0.228 e. The molecule has 0 bridgehead atoms. The zero-order valence-electron chi connectivity index (χ0n) is 9.63. The summed E-state index contributed by atoms with van der Waals surface area (Å²) in [5.74, 6) is 0.0363. The van der Waals surface area contributed by atoms with E-state index < -0.39 is 0 Å². The summed E-state index contributed by atoms with van der Waals surface area (Å²) < 4.78 is 0. The predicted molar refractivity (Wildman–Crippen MR) is 68.5 cm³/mol. The summed E-state index contributed by atoms with van der Waals surface area (Å²) in [6, 6.07) is 12.9. The molecule has 0 atom stereocenters. The summed E-state index contributed by atoms with van der Waals surface area (Å²) >= 11 is 0. The minimum atomic E-state index is -0.220. The van der Waals surface area contributed by atoms with Gasteiger partial charge in [0.1, 0.15) is 11.5 Å². The number of hydrogen-bond acceptors (Lipinski definition) is 3. The van der Waals surface area contributed by atoms with Gasteiger partial charge in [0.15, 0.2) is 0 Å². The minimum absolute atomic E-state index is 0.105. The Balaban J connectivity index is 2.01. The van der Waals surface area contributed by atoms with Crippen LogP contribution >= 0.6 is 0 Å². The minimum Gasteiger partial charge on any atom is -0.508 e. The third-order valence-corrected chi connectivity index (χ3v) is 2.49. The van der Waals surface area contributed by atoms with Gasteiger partial charge >= 0.3 is 0 Å². The van der Waals surface area contributed by atoms with Crippen molar-refractivity contribution in [3.8, 4) is 11.5 Å². The lowest BCUT2D eigenvalue weighted by molar-refractivity contribution is -0.115. The van der Waals surface area contributed by atoms with Crippen molar-refractivity contribution >= 4 is 11.6 Å². The molecule has 0 aliphatic carbocycles. The number of para-hydroxylation sites is 1. The van der Waals surface area contributed by atoms with E-state index in [9.17, 15) is 9.90 Å². The molecule has 0 heterocycles. The number of phenols is 2. The van der Waals surface area contributed by atoms with Crippen molar-refractivity contribution in [3.05, 3.63) is 54.1 Å². The van der Waals surface area contributed by atoms with Crippen LogP contribution in [0, 0.1) is 0 Å². The van der Waals surface area contributed by atoms with Crippen molar-refractivity contribution < 1.29 is 15.0 Å². The van der Waals surface area contributed by atoms with Crippen LogP contribution in [-0.4, -0.2) is 16.1 Å². The quantitative estimate of drug-likeness (QED) is 0.724. The molecule has 2 aromatic carbocycles. The molecule has 0 aromatic heterocycles. The second kappa shape index (κ2) is 5.23. The van der Waals surface area contributed by atoms with Crippen LogP contribution in [-0.2, 0) is 11.2 Å². The first-order valence-electron chi connectivity index (χ1n) is 5.51. The lowest BCUT2D eigenvalue weighted by atomic mass is 10.1. The van der Waals surface area contributed by atoms with Crippen LogP contribution in [0.15, 0.2) is 48.5 Å². The van der Waals surface area contributed by atoms with Crippen LogP contribution in [0.25, 0.3) is 0 Å². The van der Waals surface area contributed by atoms with Crippen LogP contribution < -0.4 is 5.32 Å². The van der Waals surface area contributed by atoms with Crippen molar-refractivity contribution in [2.75, 3.05) is 5.32 Å². The number of carbonyl (C=O) groups excluding carboxylic acids is 1. The number of amides is 1. The van der Waals surface area contributed by atoms with Gasteiger partial charge < -0.3 is 15.5 Å². The van der Waals surface area contributed by atoms with Gasteiger partial charge in [-0.05, 0) is 30.3 Å². The number of aromatic hydroxyl groups is 2. The van der Waals surface area contributed by atoms with Gasteiger partial charge in [-0.1, -0.05) is 18.2 Å². The summed E-state index contributed by atoms with van der Waals surface area (Å²) in [6.07, 6.45) is 0.105. The molecule has 0 spiro atoms. The fourth-order valence-corrected chi connectivity index (χ4v) is 1.58. The zero-order chi connectivity index (χ0) is 13.0. The predicted octanol–water partition coefficient (Wildman–Crippen LogP) is 2.28. The molecule has 18 heavy (non-hydrogen) atoms. The maximum absolute atomic E-state index is 11.7. The molecule has 0 aliphatic rings. The third-order valence-electron chi connectivity index (χ3n) is 2.49. The van der Waals surface area contributed by atoms with Crippen molar-refractivity contribution in [2.24, 2.45) is 0 Å². The van der Waals surface area contributed by atoms with Gasteiger partial charge in [0, 0.05) is 11.3 Å². The molecule has 0 radical (unpaired) electrons. The highest BCUT2D eigenvalue weighted by molar-refractivity contribution is 5.92. The molecule has 2 rings (SSSR count). The average Bonchev–Trinajstić information content (AvgIpc) is 2.35. The topological polar surface area (TPSA) is 69.6 Å². The van der Waals surface area contributed by atoms with Crippen LogP contribution in [0.3, 0.4) is 0 Å². The first-order chi connectivity index (χ1) is 8.65. The van der Waals surface area contributed by atoms with Crippen molar-refractivity contribution in [2.45, 2.75) is 6.42 Å². The van der Waals surface area contributed by atoms with E-state index in [4.69, 9.17) is 5.11 Å². The Bertz CT molecular complexity index is 549. The summed E-state index contributed by atoms with van der Waals surface area (Å²) in [4.78, 5) is 11.7. The Morgan fingerprint density at radius 3 is 2.33 bits per heavy atom. The van der Waals surface area contributed by atoms with Gasteiger partial charge in [0.25, 0.3) is 0 Å². The van der Waals surface area contributed by atoms with Gasteiger partial charge in [-0.25, -0.2) is 0 Å². The number of benzene rings is 2. The standard InChI is InChI=1S/C14H13NO3/c16-12-7-5-11(6-8-12)15-14(18)9-10-3-1-2-4-13(10)17/h1-8,16-17H,9H2,(H,15,18). The van der Waals surface area contributed by atoms with E-state index >= 15 is 0 Å². The highest BCUT2D eigenvalue weighted by Gasteiger charge is 2.07. The molecular weight excluding hydrogens is 230 g/mol. The van der Waals surface area contributed by atoms with E-state index in [1.54, 1.807) is 36.4 Å². The van der Waals surface area contributed by atoms with Gasteiger partial charge in [0.2, 0.25) is 5.91 Å². The molecule has 92 valence electrons. The number of nitrogens with one attached hydrogen (secondary N) is 1. The summed E-state index contributed by atoms with van der Waals surface area (Å²) in [5.41, 5.74) is 1.18.